The second kappa shape index (κ2) is 9.61. The summed E-state index contributed by atoms with van der Waals surface area (Å²) < 4.78 is 12.4. The summed E-state index contributed by atoms with van der Waals surface area (Å²) in [6.07, 6.45) is 2.31. The van der Waals surface area contributed by atoms with Crippen LogP contribution in [-0.4, -0.2) is 43.8 Å². The Labute approximate surface area is 195 Å². The molecule has 1 aromatic carbocycles. The highest BCUT2D eigenvalue weighted by Gasteiger charge is 2.14. The Balaban J connectivity index is 1.43. The number of anilines is 1. The van der Waals surface area contributed by atoms with E-state index in [4.69, 9.17) is 14.1 Å². The zero-order valence-electron chi connectivity index (χ0n) is 19.2. The third kappa shape index (κ3) is 5.31. The SMILES string of the molecule is CC(=O)N(C)Cc1cc(Oc2ccc3c(ccn3OC(=O)Nc3cc(C(C)C)on3)c2)ncn1. The van der Waals surface area contributed by atoms with E-state index >= 15 is 0 Å². The maximum Gasteiger partial charge on any atom is 0.437 e. The van der Waals surface area contributed by atoms with Gasteiger partial charge in [-0.3, -0.25) is 10.1 Å². The largest absolute Gasteiger partial charge is 0.439 e. The standard InChI is InChI=1S/C23H24N6O5/c1-14(2)20-11-21(27-33-20)26-23(31)34-29-8-7-16-9-18(5-6-19(16)29)32-22-10-17(24-13-25-22)12-28(4)15(3)30/h5-11,13-14H,12H2,1-4H3,(H,26,27,31). The van der Waals surface area contributed by atoms with Crippen LogP contribution >= 0.6 is 0 Å². The van der Waals surface area contributed by atoms with E-state index in [9.17, 15) is 9.59 Å². The van der Waals surface area contributed by atoms with Crippen LogP contribution in [0.25, 0.3) is 10.9 Å². The van der Waals surface area contributed by atoms with Crippen molar-refractivity contribution in [2.75, 3.05) is 12.4 Å². The quantitative estimate of drug-likeness (QED) is 0.436. The number of nitrogens with zero attached hydrogens (tertiary/aromatic N) is 5. The molecule has 3 heterocycles. The number of amides is 2. The molecule has 0 aliphatic rings. The zero-order valence-corrected chi connectivity index (χ0v) is 19.2. The van der Waals surface area contributed by atoms with Gasteiger partial charge in [-0.2, -0.15) is 4.73 Å². The average Bonchev–Trinajstić information content (AvgIpc) is 3.41. The van der Waals surface area contributed by atoms with Gasteiger partial charge in [-0.05, 0) is 24.3 Å². The monoisotopic (exact) mass is 464 g/mol. The van der Waals surface area contributed by atoms with Crippen LogP contribution in [0.3, 0.4) is 0 Å². The van der Waals surface area contributed by atoms with Gasteiger partial charge in [0.2, 0.25) is 11.8 Å². The molecule has 0 unspecified atom stereocenters. The second-order valence-corrected chi connectivity index (χ2v) is 7.96. The van der Waals surface area contributed by atoms with Crippen LogP contribution in [0.5, 0.6) is 11.6 Å². The van der Waals surface area contributed by atoms with E-state index in [1.54, 1.807) is 54.5 Å². The number of fused-ring (bicyclic) bond motifs is 1. The number of hydrogen-bond acceptors (Lipinski definition) is 8. The lowest BCUT2D eigenvalue weighted by molar-refractivity contribution is -0.128. The van der Waals surface area contributed by atoms with Gasteiger partial charge < -0.3 is 19.0 Å². The van der Waals surface area contributed by atoms with E-state index in [-0.39, 0.29) is 17.6 Å². The molecule has 4 rings (SSSR count). The lowest BCUT2D eigenvalue weighted by Gasteiger charge is -2.14. The maximum atomic E-state index is 12.3. The van der Waals surface area contributed by atoms with Gasteiger partial charge in [-0.1, -0.05) is 19.0 Å². The summed E-state index contributed by atoms with van der Waals surface area (Å²) in [7, 11) is 1.69. The molecule has 11 heteroatoms. The molecule has 0 saturated heterocycles. The molecule has 2 amide bonds. The van der Waals surface area contributed by atoms with Crippen LogP contribution in [0.1, 0.15) is 38.1 Å². The number of carbonyl (C=O) groups excluding carboxylic acids is 2. The van der Waals surface area contributed by atoms with Crippen molar-refractivity contribution in [3.8, 4) is 11.6 Å². The van der Waals surface area contributed by atoms with Gasteiger partial charge in [0.15, 0.2) is 5.82 Å². The molecule has 4 aromatic rings. The smallest absolute Gasteiger partial charge is 0.437 e. The van der Waals surface area contributed by atoms with E-state index in [0.717, 1.165) is 5.39 Å². The molecular formula is C23H24N6O5. The summed E-state index contributed by atoms with van der Waals surface area (Å²) >= 11 is 0. The molecule has 0 bridgehead atoms. The number of aromatic nitrogens is 4. The van der Waals surface area contributed by atoms with Crippen molar-refractivity contribution in [3.63, 3.8) is 0 Å². The molecule has 176 valence electrons. The van der Waals surface area contributed by atoms with Crippen molar-refractivity contribution in [2.45, 2.75) is 33.2 Å². The highest BCUT2D eigenvalue weighted by molar-refractivity contribution is 5.86. The van der Waals surface area contributed by atoms with Gasteiger partial charge in [0, 0.05) is 43.6 Å². The molecule has 0 radical (unpaired) electrons. The summed E-state index contributed by atoms with van der Waals surface area (Å²) in [6, 6.07) is 10.4. The highest BCUT2D eigenvalue weighted by Crippen LogP contribution is 2.25. The van der Waals surface area contributed by atoms with Gasteiger partial charge in [0.1, 0.15) is 17.8 Å². The summed E-state index contributed by atoms with van der Waals surface area (Å²) in [5.74, 6) is 1.93. The zero-order chi connectivity index (χ0) is 24.2. The van der Waals surface area contributed by atoms with Crippen LogP contribution < -0.4 is 14.9 Å². The van der Waals surface area contributed by atoms with Crippen molar-refractivity contribution in [3.05, 3.63) is 60.4 Å². The summed E-state index contributed by atoms with van der Waals surface area (Å²) in [5, 5.41) is 7.14. The summed E-state index contributed by atoms with van der Waals surface area (Å²) in [6.45, 7) is 5.76. The fourth-order valence-corrected chi connectivity index (χ4v) is 3.07. The fraction of sp³-hybridized carbons (Fsp3) is 0.261. The molecule has 0 aliphatic carbocycles. The number of rotatable bonds is 7. The molecule has 1 N–H and O–H groups in total. The molecule has 0 saturated carbocycles. The van der Waals surface area contributed by atoms with Gasteiger partial charge in [0.05, 0.1) is 17.8 Å². The topological polar surface area (TPSA) is 125 Å². The average molecular weight is 464 g/mol. The molecule has 0 fully saturated rings. The molecule has 11 nitrogen and oxygen atoms in total. The molecule has 0 aliphatic heterocycles. The van der Waals surface area contributed by atoms with Crippen LogP contribution in [0.2, 0.25) is 0 Å². The Bertz CT molecular complexity index is 1330. The van der Waals surface area contributed by atoms with Crippen molar-refractivity contribution in [1.29, 1.82) is 0 Å². The Kier molecular flexibility index (Phi) is 6.44. The Morgan fingerprint density at radius 2 is 2.00 bits per heavy atom. The van der Waals surface area contributed by atoms with Gasteiger partial charge >= 0.3 is 6.09 Å². The first-order valence-electron chi connectivity index (χ1n) is 10.6. The van der Waals surface area contributed by atoms with Crippen LogP contribution in [0, 0.1) is 0 Å². The predicted molar refractivity (Wildman–Crippen MR) is 122 cm³/mol. The number of benzene rings is 1. The van der Waals surface area contributed by atoms with E-state index in [1.165, 1.54) is 18.0 Å². The minimum atomic E-state index is -0.703. The normalized spacial score (nSPS) is 11.0. The van der Waals surface area contributed by atoms with Gasteiger partial charge in [-0.15, -0.1) is 0 Å². The lowest BCUT2D eigenvalue weighted by atomic mass is 10.2. The third-order valence-corrected chi connectivity index (χ3v) is 4.99. The number of nitrogens with one attached hydrogen (secondary N) is 1. The van der Waals surface area contributed by atoms with Crippen molar-refractivity contribution < 1.29 is 23.7 Å². The first-order valence-corrected chi connectivity index (χ1v) is 10.6. The highest BCUT2D eigenvalue weighted by atomic mass is 16.7. The lowest BCUT2D eigenvalue weighted by Crippen LogP contribution is -2.24. The van der Waals surface area contributed by atoms with Crippen LogP contribution in [-0.2, 0) is 11.3 Å². The number of hydrogen-bond donors (Lipinski definition) is 1. The fourth-order valence-electron chi connectivity index (χ4n) is 3.07. The van der Waals surface area contributed by atoms with E-state index in [2.05, 4.69) is 20.4 Å². The van der Waals surface area contributed by atoms with E-state index in [0.29, 0.717) is 35.1 Å². The Morgan fingerprint density at radius 1 is 1.18 bits per heavy atom. The molecule has 0 atom stereocenters. The molecule has 0 spiro atoms. The summed E-state index contributed by atoms with van der Waals surface area (Å²) in [4.78, 5) is 38.9. The minimum Gasteiger partial charge on any atom is -0.439 e. The predicted octanol–water partition coefficient (Wildman–Crippen LogP) is 3.97. The van der Waals surface area contributed by atoms with Gasteiger partial charge in [0.25, 0.3) is 0 Å². The maximum absolute atomic E-state index is 12.3. The van der Waals surface area contributed by atoms with Crippen molar-refractivity contribution in [2.24, 2.45) is 0 Å². The van der Waals surface area contributed by atoms with Crippen molar-refractivity contribution >= 4 is 28.7 Å². The van der Waals surface area contributed by atoms with E-state index in [1.807, 2.05) is 13.8 Å². The number of carbonyl (C=O) groups is 2. The number of ether oxygens (including phenoxy) is 1. The molecular weight excluding hydrogens is 440 g/mol. The van der Waals surface area contributed by atoms with Crippen LogP contribution in [0.15, 0.2) is 53.4 Å². The Hall–Kier alpha value is -4.41. The van der Waals surface area contributed by atoms with E-state index < -0.39 is 6.09 Å². The second-order valence-electron chi connectivity index (χ2n) is 7.96. The molecule has 34 heavy (non-hydrogen) atoms. The third-order valence-electron chi connectivity index (χ3n) is 4.99. The summed E-state index contributed by atoms with van der Waals surface area (Å²) in [5.41, 5.74) is 1.32. The Morgan fingerprint density at radius 3 is 2.74 bits per heavy atom. The first-order chi connectivity index (χ1) is 16.3. The van der Waals surface area contributed by atoms with Gasteiger partial charge in [-0.25, -0.2) is 14.8 Å². The van der Waals surface area contributed by atoms with Crippen LogP contribution in [0.4, 0.5) is 10.6 Å². The minimum absolute atomic E-state index is 0.0618. The van der Waals surface area contributed by atoms with Crippen molar-refractivity contribution in [1.82, 2.24) is 24.8 Å². The first kappa shape index (κ1) is 22.8. The molecule has 3 aromatic heterocycles.